The van der Waals surface area contributed by atoms with Crippen molar-refractivity contribution in [3.8, 4) is 0 Å². The van der Waals surface area contributed by atoms with Crippen molar-refractivity contribution in [3.63, 3.8) is 0 Å². The molecule has 1 aromatic carbocycles. The molecular weight excluding hydrogens is 332 g/mol. The Morgan fingerprint density at radius 3 is 2.90 bits per heavy atom. The second-order valence-corrected chi connectivity index (χ2v) is 6.46. The molecule has 1 aromatic heterocycles. The Morgan fingerprint density at radius 1 is 1.38 bits per heavy atom. The van der Waals surface area contributed by atoms with Crippen LogP contribution in [0.15, 0.2) is 22.7 Å². The molecule has 0 saturated carbocycles. The third kappa shape index (κ3) is 3.22. The van der Waals surface area contributed by atoms with Gasteiger partial charge in [0.2, 0.25) is 5.95 Å². The lowest BCUT2D eigenvalue weighted by molar-refractivity contribution is 0.0179. The maximum atomic E-state index is 6.07. The third-order valence-corrected chi connectivity index (χ3v) is 4.67. The number of halogens is 1. The van der Waals surface area contributed by atoms with Crippen molar-refractivity contribution >= 4 is 32.9 Å². The van der Waals surface area contributed by atoms with E-state index in [0.29, 0.717) is 12.0 Å². The topological polar surface area (TPSA) is 56.3 Å². The Labute approximate surface area is 133 Å². The van der Waals surface area contributed by atoms with E-state index in [4.69, 9.17) is 10.5 Å². The van der Waals surface area contributed by atoms with E-state index in [9.17, 15) is 0 Å². The Morgan fingerprint density at radius 2 is 2.14 bits per heavy atom. The first-order valence-electron chi connectivity index (χ1n) is 7.38. The normalized spacial score (nSPS) is 18.2. The van der Waals surface area contributed by atoms with Gasteiger partial charge in [-0.05, 0) is 31.5 Å². The van der Waals surface area contributed by atoms with Crippen LogP contribution in [0.4, 0.5) is 5.95 Å². The molecule has 6 heteroatoms. The number of hydrogen-bond donors (Lipinski definition) is 1. The number of hydrogen-bond acceptors (Lipinski definition) is 4. The van der Waals surface area contributed by atoms with Crippen LogP contribution in [0.5, 0.6) is 0 Å². The van der Waals surface area contributed by atoms with Crippen molar-refractivity contribution < 1.29 is 4.74 Å². The number of aryl methyl sites for hydroxylation is 1. The zero-order valence-electron chi connectivity index (χ0n) is 12.3. The van der Waals surface area contributed by atoms with Gasteiger partial charge in [-0.2, -0.15) is 0 Å². The van der Waals surface area contributed by atoms with E-state index in [1.54, 1.807) is 0 Å². The van der Waals surface area contributed by atoms with Crippen molar-refractivity contribution in [2.75, 3.05) is 32.0 Å². The van der Waals surface area contributed by atoms with Crippen molar-refractivity contribution in [2.45, 2.75) is 25.9 Å². The van der Waals surface area contributed by atoms with Gasteiger partial charge >= 0.3 is 0 Å². The fourth-order valence-electron chi connectivity index (χ4n) is 2.87. The molecule has 0 radical (unpaired) electrons. The summed E-state index contributed by atoms with van der Waals surface area (Å²) in [7, 11) is 0. The van der Waals surface area contributed by atoms with E-state index < -0.39 is 0 Å². The largest absolute Gasteiger partial charge is 0.379 e. The van der Waals surface area contributed by atoms with Crippen LogP contribution in [0.3, 0.4) is 0 Å². The SMILES string of the molecule is CC(CCn1c(N)nc2ccc(Br)cc21)N1CCOCC1. The van der Waals surface area contributed by atoms with Gasteiger partial charge in [-0.1, -0.05) is 15.9 Å². The Bertz CT molecular complexity index is 621. The maximum Gasteiger partial charge on any atom is 0.201 e. The maximum absolute atomic E-state index is 6.07. The summed E-state index contributed by atoms with van der Waals surface area (Å²) in [5.41, 5.74) is 8.12. The smallest absolute Gasteiger partial charge is 0.201 e. The molecule has 1 aliphatic rings. The Balaban J connectivity index is 1.72. The molecule has 5 nitrogen and oxygen atoms in total. The van der Waals surface area contributed by atoms with Crippen LogP contribution in [0.25, 0.3) is 11.0 Å². The van der Waals surface area contributed by atoms with Gasteiger partial charge in [-0.25, -0.2) is 4.98 Å². The number of nitrogens with two attached hydrogens (primary N) is 1. The van der Waals surface area contributed by atoms with Crippen LogP contribution in [0.2, 0.25) is 0 Å². The van der Waals surface area contributed by atoms with Gasteiger partial charge in [0.05, 0.1) is 24.2 Å². The molecule has 2 N–H and O–H groups in total. The van der Waals surface area contributed by atoms with Gasteiger partial charge in [-0.3, -0.25) is 4.90 Å². The second-order valence-electron chi connectivity index (χ2n) is 5.54. The molecule has 2 aromatic rings. The number of fused-ring (bicyclic) bond motifs is 1. The van der Waals surface area contributed by atoms with Crippen LogP contribution >= 0.6 is 15.9 Å². The number of benzene rings is 1. The number of nitrogen functional groups attached to an aromatic ring is 1. The molecule has 1 aliphatic heterocycles. The summed E-state index contributed by atoms with van der Waals surface area (Å²) in [5.74, 6) is 0.595. The van der Waals surface area contributed by atoms with Crippen molar-refractivity contribution in [1.29, 1.82) is 0 Å². The van der Waals surface area contributed by atoms with Crippen molar-refractivity contribution in [1.82, 2.24) is 14.5 Å². The van der Waals surface area contributed by atoms with Crippen LogP contribution in [-0.2, 0) is 11.3 Å². The minimum absolute atomic E-state index is 0.526. The molecule has 0 bridgehead atoms. The van der Waals surface area contributed by atoms with Gasteiger partial charge in [0.15, 0.2) is 0 Å². The lowest BCUT2D eigenvalue weighted by Gasteiger charge is -2.32. The molecule has 2 heterocycles. The first kappa shape index (κ1) is 14.8. The van der Waals surface area contributed by atoms with Crippen LogP contribution < -0.4 is 5.73 Å². The highest BCUT2D eigenvalue weighted by Gasteiger charge is 2.17. The highest BCUT2D eigenvalue weighted by molar-refractivity contribution is 9.10. The fraction of sp³-hybridized carbons (Fsp3) is 0.533. The quantitative estimate of drug-likeness (QED) is 0.918. The third-order valence-electron chi connectivity index (χ3n) is 4.18. The molecule has 1 unspecified atom stereocenters. The number of ether oxygens (including phenoxy) is 1. The van der Waals surface area contributed by atoms with Gasteiger partial charge in [-0.15, -0.1) is 0 Å². The molecule has 0 aliphatic carbocycles. The van der Waals surface area contributed by atoms with E-state index in [-0.39, 0.29) is 0 Å². The minimum Gasteiger partial charge on any atom is -0.379 e. The highest BCUT2D eigenvalue weighted by atomic mass is 79.9. The summed E-state index contributed by atoms with van der Waals surface area (Å²) in [5, 5.41) is 0. The summed E-state index contributed by atoms with van der Waals surface area (Å²) in [4.78, 5) is 6.91. The average molecular weight is 353 g/mol. The first-order valence-corrected chi connectivity index (χ1v) is 8.17. The molecule has 1 saturated heterocycles. The predicted octanol–water partition coefficient (Wildman–Crippen LogP) is 2.49. The number of morpholine rings is 1. The van der Waals surface area contributed by atoms with E-state index in [1.807, 2.05) is 12.1 Å². The second kappa shape index (κ2) is 6.34. The minimum atomic E-state index is 0.526. The number of imidazole rings is 1. The average Bonchev–Trinajstić information content (AvgIpc) is 2.80. The Hall–Kier alpha value is -1.11. The predicted molar refractivity (Wildman–Crippen MR) is 88.3 cm³/mol. The van der Waals surface area contributed by atoms with Gasteiger partial charge < -0.3 is 15.0 Å². The molecule has 3 rings (SSSR count). The van der Waals surface area contributed by atoms with E-state index in [1.165, 1.54) is 0 Å². The molecule has 0 amide bonds. The van der Waals surface area contributed by atoms with E-state index in [0.717, 1.165) is 54.8 Å². The van der Waals surface area contributed by atoms with Gasteiger partial charge in [0.25, 0.3) is 0 Å². The zero-order valence-corrected chi connectivity index (χ0v) is 13.8. The monoisotopic (exact) mass is 352 g/mol. The Kier molecular flexibility index (Phi) is 4.47. The summed E-state index contributed by atoms with van der Waals surface area (Å²) in [6, 6.07) is 6.60. The lowest BCUT2D eigenvalue weighted by atomic mass is 10.2. The van der Waals surface area contributed by atoms with E-state index >= 15 is 0 Å². The van der Waals surface area contributed by atoms with Gasteiger partial charge in [0, 0.05) is 30.1 Å². The molecule has 1 atom stereocenters. The lowest BCUT2D eigenvalue weighted by Crippen LogP contribution is -2.42. The van der Waals surface area contributed by atoms with Crippen LogP contribution in [0, 0.1) is 0 Å². The number of anilines is 1. The number of nitrogens with zero attached hydrogens (tertiary/aromatic N) is 3. The summed E-state index contributed by atoms with van der Waals surface area (Å²) < 4.78 is 8.57. The number of aromatic nitrogens is 2. The highest BCUT2D eigenvalue weighted by Crippen LogP contribution is 2.23. The standard InChI is InChI=1S/C15H21BrN4O/c1-11(19-6-8-21-9-7-19)4-5-20-14-10-12(16)2-3-13(14)18-15(20)17/h2-3,10-11H,4-9H2,1H3,(H2,17,18). The summed E-state index contributed by atoms with van der Waals surface area (Å²) in [6.07, 6.45) is 1.06. The molecule has 1 fully saturated rings. The zero-order chi connectivity index (χ0) is 14.8. The van der Waals surface area contributed by atoms with Gasteiger partial charge in [0.1, 0.15) is 0 Å². The fourth-order valence-corrected chi connectivity index (χ4v) is 3.22. The number of rotatable bonds is 4. The summed E-state index contributed by atoms with van der Waals surface area (Å²) >= 11 is 3.51. The first-order chi connectivity index (χ1) is 10.1. The summed E-state index contributed by atoms with van der Waals surface area (Å²) in [6.45, 7) is 6.88. The molecular formula is C15H21BrN4O. The van der Waals surface area contributed by atoms with Crippen molar-refractivity contribution in [3.05, 3.63) is 22.7 Å². The van der Waals surface area contributed by atoms with Crippen LogP contribution in [0.1, 0.15) is 13.3 Å². The molecule has 114 valence electrons. The molecule has 0 spiro atoms. The van der Waals surface area contributed by atoms with Crippen molar-refractivity contribution in [2.24, 2.45) is 0 Å². The van der Waals surface area contributed by atoms with E-state index in [2.05, 4.69) is 43.4 Å². The molecule has 21 heavy (non-hydrogen) atoms. The van der Waals surface area contributed by atoms with Crippen LogP contribution in [-0.4, -0.2) is 46.8 Å².